The monoisotopic (exact) mass is 311 g/mol. The Hall–Kier alpha value is -0.810. The summed E-state index contributed by atoms with van der Waals surface area (Å²) in [5, 5.41) is 6.25. The van der Waals surface area contributed by atoms with Gasteiger partial charge in [-0.25, -0.2) is 4.79 Å². The normalized spacial score (nSPS) is 23.9. The number of carbonyl (C=O) groups excluding carboxylic acids is 1. The second-order valence-corrected chi connectivity index (χ2v) is 6.98. The molecule has 1 aliphatic heterocycles. The van der Waals surface area contributed by atoms with Crippen LogP contribution in [0.5, 0.6) is 0 Å². The maximum absolute atomic E-state index is 12.1. The minimum atomic E-state index is 0.00154. The highest BCUT2D eigenvalue weighted by Gasteiger charge is 2.44. The number of carbonyl (C=O) groups is 1. The summed E-state index contributed by atoms with van der Waals surface area (Å²) in [5.41, 5.74) is 0.299. The molecule has 128 valence electrons. The molecule has 0 unspecified atom stereocenters. The van der Waals surface area contributed by atoms with Crippen molar-refractivity contribution in [2.45, 2.75) is 57.9 Å². The number of nitrogens with one attached hydrogen (secondary N) is 2. The molecule has 1 saturated heterocycles. The molecule has 2 amide bonds. The van der Waals surface area contributed by atoms with Crippen LogP contribution in [-0.2, 0) is 4.74 Å². The van der Waals surface area contributed by atoms with Crippen molar-refractivity contribution in [3.05, 3.63) is 0 Å². The zero-order valence-electron chi connectivity index (χ0n) is 14.3. The van der Waals surface area contributed by atoms with E-state index in [9.17, 15) is 4.79 Å². The molecule has 1 aliphatic carbocycles. The van der Waals surface area contributed by atoms with Crippen molar-refractivity contribution in [2.75, 3.05) is 39.9 Å². The third kappa shape index (κ3) is 4.85. The van der Waals surface area contributed by atoms with Crippen LogP contribution in [0.1, 0.15) is 51.9 Å². The Morgan fingerprint density at radius 1 is 1.27 bits per heavy atom. The van der Waals surface area contributed by atoms with Gasteiger partial charge in [0.2, 0.25) is 0 Å². The van der Waals surface area contributed by atoms with E-state index in [1.165, 1.54) is 25.7 Å². The number of hydrogen-bond donors (Lipinski definition) is 2. The third-order valence-corrected chi connectivity index (χ3v) is 5.37. The lowest BCUT2D eigenvalue weighted by atomic mass is 9.75. The fraction of sp³-hybridized carbons (Fsp3) is 0.941. The van der Waals surface area contributed by atoms with Gasteiger partial charge in [0, 0.05) is 32.3 Å². The van der Waals surface area contributed by atoms with Crippen LogP contribution in [0.2, 0.25) is 0 Å². The molecule has 2 N–H and O–H groups in total. The van der Waals surface area contributed by atoms with E-state index in [4.69, 9.17) is 4.74 Å². The molecular weight excluding hydrogens is 278 g/mol. The minimum Gasteiger partial charge on any atom is -0.381 e. The van der Waals surface area contributed by atoms with Gasteiger partial charge in [-0.05, 0) is 51.1 Å². The van der Waals surface area contributed by atoms with Gasteiger partial charge >= 0.3 is 6.03 Å². The quantitative estimate of drug-likeness (QED) is 0.759. The molecule has 2 fully saturated rings. The number of nitrogens with zero attached hydrogens (tertiary/aromatic N) is 1. The molecule has 0 aromatic carbocycles. The summed E-state index contributed by atoms with van der Waals surface area (Å²) in [5.74, 6) is 0. The number of hydrogen-bond acceptors (Lipinski definition) is 3. The highest BCUT2D eigenvalue weighted by molar-refractivity contribution is 5.74. The summed E-state index contributed by atoms with van der Waals surface area (Å²) in [6.45, 7) is 6.63. The molecular formula is C17H33N3O2. The lowest BCUT2D eigenvalue weighted by Gasteiger charge is -2.39. The predicted octanol–water partition coefficient (Wildman–Crippen LogP) is 2.37. The number of ether oxygens (including phenoxy) is 1. The first-order valence-electron chi connectivity index (χ1n) is 8.97. The minimum absolute atomic E-state index is 0.00154. The van der Waals surface area contributed by atoms with Crippen LogP contribution in [-0.4, -0.2) is 56.9 Å². The van der Waals surface area contributed by atoms with Crippen LogP contribution in [0.3, 0.4) is 0 Å². The molecule has 5 heteroatoms. The van der Waals surface area contributed by atoms with Gasteiger partial charge in [0.15, 0.2) is 0 Å². The fourth-order valence-electron chi connectivity index (χ4n) is 3.85. The van der Waals surface area contributed by atoms with E-state index in [-0.39, 0.29) is 6.03 Å². The Bertz CT molecular complexity index is 343. The number of urea groups is 1. The van der Waals surface area contributed by atoms with E-state index >= 15 is 0 Å². The Kier molecular flexibility index (Phi) is 6.96. The van der Waals surface area contributed by atoms with Crippen LogP contribution in [0.25, 0.3) is 0 Å². The smallest absolute Gasteiger partial charge is 0.315 e. The molecule has 5 nitrogen and oxygen atoms in total. The molecule has 1 heterocycles. The first kappa shape index (κ1) is 17.5. The molecule has 1 spiro atoms. The van der Waals surface area contributed by atoms with Crippen molar-refractivity contribution >= 4 is 6.03 Å². The van der Waals surface area contributed by atoms with Crippen LogP contribution in [0, 0.1) is 5.41 Å². The lowest BCUT2D eigenvalue weighted by molar-refractivity contribution is 0.00624. The van der Waals surface area contributed by atoms with Crippen LogP contribution in [0.4, 0.5) is 4.79 Å². The summed E-state index contributed by atoms with van der Waals surface area (Å²) in [4.78, 5) is 14.4. The van der Waals surface area contributed by atoms with Crippen LogP contribution < -0.4 is 10.6 Å². The van der Waals surface area contributed by atoms with Gasteiger partial charge in [0.25, 0.3) is 0 Å². The Balaban J connectivity index is 1.68. The van der Waals surface area contributed by atoms with E-state index < -0.39 is 0 Å². The molecule has 22 heavy (non-hydrogen) atoms. The standard InChI is InChI=1S/C17H33N3O2/c1-3-4-11-20(2)12-10-18-16(21)19-15-6-5-7-17(15)8-13-22-14-9-17/h15H,3-14H2,1-2H3,(H2,18,19,21)/t15-/m0/s1. The predicted molar refractivity (Wildman–Crippen MR) is 89.1 cm³/mol. The second-order valence-electron chi connectivity index (χ2n) is 6.98. The number of unbranched alkanes of at least 4 members (excludes halogenated alkanes) is 1. The first-order valence-corrected chi connectivity index (χ1v) is 8.97. The van der Waals surface area contributed by atoms with Crippen LogP contribution >= 0.6 is 0 Å². The molecule has 0 bridgehead atoms. The molecule has 0 aromatic rings. The van der Waals surface area contributed by atoms with E-state index in [0.29, 0.717) is 11.5 Å². The molecule has 2 aliphatic rings. The average molecular weight is 311 g/mol. The number of rotatable bonds is 7. The third-order valence-electron chi connectivity index (χ3n) is 5.37. The van der Waals surface area contributed by atoms with E-state index in [1.807, 2.05) is 0 Å². The van der Waals surface area contributed by atoms with Gasteiger partial charge in [0.1, 0.15) is 0 Å². The van der Waals surface area contributed by atoms with Crippen molar-refractivity contribution in [1.82, 2.24) is 15.5 Å². The molecule has 2 rings (SSSR count). The molecule has 1 saturated carbocycles. The number of amides is 2. The second kappa shape index (κ2) is 8.73. The fourth-order valence-corrected chi connectivity index (χ4v) is 3.85. The zero-order chi connectivity index (χ0) is 15.8. The summed E-state index contributed by atoms with van der Waals surface area (Å²) in [6, 6.07) is 0.330. The molecule has 0 radical (unpaired) electrons. The van der Waals surface area contributed by atoms with E-state index in [0.717, 1.165) is 52.1 Å². The summed E-state index contributed by atoms with van der Waals surface area (Å²) in [6.07, 6.45) is 8.20. The largest absolute Gasteiger partial charge is 0.381 e. The SMILES string of the molecule is CCCCN(C)CCNC(=O)N[C@H]1CCCC12CCOCC2. The van der Waals surface area contributed by atoms with Crippen molar-refractivity contribution < 1.29 is 9.53 Å². The average Bonchev–Trinajstić information content (AvgIpc) is 2.88. The summed E-state index contributed by atoms with van der Waals surface area (Å²) >= 11 is 0. The highest BCUT2D eigenvalue weighted by atomic mass is 16.5. The maximum Gasteiger partial charge on any atom is 0.315 e. The lowest BCUT2D eigenvalue weighted by Crippen LogP contribution is -2.50. The Labute approximate surface area is 135 Å². The van der Waals surface area contributed by atoms with E-state index in [2.05, 4.69) is 29.5 Å². The van der Waals surface area contributed by atoms with Gasteiger partial charge in [0.05, 0.1) is 0 Å². The topological polar surface area (TPSA) is 53.6 Å². The van der Waals surface area contributed by atoms with Gasteiger partial charge in [-0.1, -0.05) is 19.8 Å². The van der Waals surface area contributed by atoms with Gasteiger partial charge in [-0.3, -0.25) is 0 Å². The summed E-state index contributed by atoms with van der Waals surface area (Å²) < 4.78 is 5.50. The van der Waals surface area contributed by atoms with E-state index in [1.54, 1.807) is 0 Å². The maximum atomic E-state index is 12.1. The highest BCUT2D eigenvalue weighted by Crippen LogP contribution is 2.45. The van der Waals surface area contributed by atoms with Crippen molar-refractivity contribution in [2.24, 2.45) is 5.41 Å². The Morgan fingerprint density at radius 3 is 2.77 bits per heavy atom. The van der Waals surface area contributed by atoms with Gasteiger partial charge < -0.3 is 20.3 Å². The van der Waals surface area contributed by atoms with Crippen LogP contribution in [0.15, 0.2) is 0 Å². The zero-order valence-corrected chi connectivity index (χ0v) is 14.3. The number of likely N-dealkylation sites (N-methyl/N-ethyl adjacent to an activating group) is 1. The van der Waals surface area contributed by atoms with Gasteiger partial charge in [-0.2, -0.15) is 0 Å². The molecule has 1 atom stereocenters. The first-order chi connectivity index (χ1) is 10.7. The van der Waals surface area contributed by atoms with Crippen molar-refractivity contribution in [1.29, 1.82) is 0 Å². The molecule has 0 aromatic heterocycles. The summed E-state index contributed by atoms with van der Waals surface area (Å²) in [7, 11) is 2.11. The Morgan fingerprint density at radius 2 is 2.05 bits per heavy atom. The van der Waals surface area contributed by atoms with Gasteiger partial charge in [-0.15, -0.1) is 0 Å². The van der Waals surface area contributed by atoms with Crippen molar-refractivity contribution in [3.8, 4) is 0 Å². The van der Waals surface area contributed by atoms with Crippen molar-refractivity contribution in [3.63, 3.8) is 0 Å².